The first-order valence-electron chi connectivity index (χ1n) is 12.6. The number of hydrogen-bond acceptors (Lipinski definition) is 8. The molecule has 1 saturated heterocycles. The minimum absolute atomic E-state index is 0.121. The Morgan fingerprint density at radius 2 is 1.97 bits per heavy atom. The molecule has 10 nitrogen and oxygen atoms in total. The lowest BCUT2D eigenvalue weighted by Gasteiger charge is -2.37. The molecule has 3 N–H and O–H groups in total. The first-order chi connectivity index (χ1) is 19.0. The number of halogens is 1. The van der Waals surface area contributed by atoms with Crippen molar-refractivity contribution in [3.05, 3.63) is 73.3 Å². The summed E-state index contributed by atoms with van der Waals surface area (Å²) >= 11 is 0. The summed E-state index contributed by atoms with van der Waals surface area (Å²) in [6, 6.07) is 11.9. The van der Waals surface area contributed by atoms with Crippen molar-refractivity contribution in [2.45, 2.75) is 0 Å². The van der Waals surface area contributed by atoms with E-state index in [0.29, 0.717) is 41.0 Å². The molecule has 5 rings (SSSR count). The van der Waals surface area contributed by atoms with Gasteiger partial charge >= 0.3 is 0 Å². The van der Waals surface area contributed by atoms with Gasteiger partial charge in [-0.3, -0.25) is 9.69 Å². The molecule has 1 aliphatic rings. The topological polar surface area (TPSA) is 108 Å². The molecule has 2 aromatic heterocycles. The Balaban J connectivity index is 1.47. The third kappa shape index (κ3) is 5.69. The van der Waals surface area contributed by atoms with E-state index in [1.54, 1.807) is 36.1 Å². The minimum atomic E-state index is -0.337. The predicted octanol–water partition coefficient (Wildman–Crippen LogP) is 3.55. The summed E-state index contributed by atoms with van der Waals surface area (Å²) in [4.78, 5) is 25.7. The number of aromatic nitrogens is 3. The van der Waals surface area contributed by atoms with Crippen LogP contribution in [0.15, 0.2) is 67.5 Å². The van der Waals surface area contributed by atoms with Crippen LogP contribution >= 0.6 is 0 Å². The zero-order valence-electron chi connectivity index (χ0n) is 21.6. The minimum Gasteiger partial charge on any atom is -0.494 e. The number of β-amino-alcohol motifs (C(OH)–C–C–N with tert-alkyl or cyclic N) is 1. The number of aliphatic hydroxyl groups is 1. The fourth-order valence-electron chi connectivity index (χ4n) is 4.70. The molecule has 11 heteroatoms. The Hall–Kier alpha value is -4.48. The van der Waals surface area contributed by atoms with Gasteiger partial charge in [0.1, 0.15) is 17.4 Å². The normalized spacial score (nSPS) is 13.9. The summed E-state index contributed by atoms with van der Waals surface area (Å²) in [5, 5.41) is 16.3. The molecule has 202 valence electrons. The Kier molecular flexibility index (Phi) is 7.71. The van der Waals surface area contributed by atoms with E-state index in [4.69, 9.17) is 4.74 Å². The number of carbonyl (C=O) groups is 1. The van der Waals surface area contributed by atoms with Crippen molar-refractivity contribution in [2.24, 2.45) is 0 Å². The highest BCUT2D eigenvalue weighted by Gasteiger charge is 2.22. The van der Waals surface area contributed by atoms with E-state index < -0.39 is 0 Å². The Bertz CT molecular complexity index is 1500. The summed E-state index contributed by atoms with van der Waals surface area (Å²) in [6.45, 7) is 7.35. The van der Waals surface area contributed by atoms with Gasteiger partial charge < -0.3 is 29.9 Å². The van der Waals surface area contributed by atoms with Gasteiger partial charge in [0.25, 0.3) is 0 Å². The lowest BCUT2D eigenvalue weighted by molar-refractivity contribution is -0.111. The van der Waals surface area contributed by atoms with Gasteiger partial charge in [-0.1, -0.05) is 6.58 Å². The second kappa shape index (κ2) is 11.5. The SMILES string of the molecule is C=CC(=O)Nc1cc(Nc2nccc(-n3ccc4ccc(F)cc43)n2)c(OC)cc1N1CCN(CCO)CC1. The number of methoxy groups -OCH3 is 1. The van der Waals surface area contributed by atoms with Crippen LogP contribution in [0.1, 0.15) is 0 Å². The van der Waals surface area contributed by atoms with Crippen molar-refractivity contribution in [3.8, 4) is 11.6 Å². The third-order valence-corrected chi connectivity index (χ3v) is 6.68. The van der Waals surface area contributed by atoms with Gasteiger partial charge in [-0.15, -0.1) is 0 Å². The highest BCUT2D eigenvalue weighted by molar-refractivity contribution is 6.02. The Labute approximate surface area is 225 Å². The largest absolute Gasteiger partial charge is 0.494 e. The van der Waals surface area contributed by atoms with Gasteiger partial charge in [0.15, 0.2) is 0 Å². The van der Waals surface area contributed by atoms with Crippen LogP contribution in [0.2, 0.25) is 0 Å². The van der Waals surface area contributed by atoms with Crippen molar-refractivity contribution in [3.63, 3.8) is 0 Å². The van der Waals surface area contributed by atoms with Gasteiger partial charge in [0.05, 0.1) is 36.3 Å². The van der Waals surface area contributed by atoms with Crippen LogP contribution in [-0.2, 0) is 4.79 Å². The first kappa shape index (κ1) is 26.1. The van der Waals surface area contributed by atoms with Crippen molar-refractivity contribution < 1.29 is 19.0 Å². The van der Waals surface area contributed by atoms with Crippen molar-refractivity contribution in [1.29, 1.82) is 0 Å². The predicted molar refractivity (Wildman–Crippen MR) is 150 cm³/mol. The van der Waals surface area contributed by atoms with E-state index in [-0.39, 0.29) is 18.3 Å². The number of nitrogens with zero attached hydrogens (tertiary/aromatic N) is 5. The summed E-state index contributed by atoms with van der Waals surface area (Å²) in [5.41, 5.74) is 2.64. The number of nitrogens with one attached hydrogen (secondary N) is 2. The van der Waals surface area contributed by atoms with E-state index in [1.165, 1.54) is 18.2 Å². The number of hydrogen-bond donors (Lipinski definition) is 3. The average molecular weight is 532 g/mol. The molecule has 39 heavy (non-hydrogen) atoms. The maximum atomic E-state index is 13.9. The zero-order valence-corrected chi connectivity index (χ0v) is 21.6. The van der Waals surface area contributed by atoms with E-state index in [0.717, 1.165) is 37.3 Å². The maximum absolute atomic E-state index is 13.9. The molecular weight excluding hydrogens is 501 g/mol. The van der Waals surface area contributed by atoms with Gasteiger partial charge in [0, 0.05) is 56.6 Å². The monoisotopic (exact) mass is 531 g/mol. The fourth-order valence-corrected chi connectivity index (χ4v) is 4.70. The summed E-state index contributed by atoms with van der Waals surface area (Å²) in [6.07, 6.45) is 4.66. The standard InChI is InChI=1S/C28H30FN7O3/c1-3-27(38)31-21-17-22(25(39-2)18-24(21)35-12-10-34(11-13-35)14-15-37)32-28-30-8-6-26(33-28)36-9-7-19-4-5-20(29)16-23(19)36/h3-9,16-18,37H,1,10-15H2,2H3,(H,31,38)(H,30,32,33). The molecule has 3 heterocycles. The summed E-state index contributed by atoms with van der Waals surface area (Å²) in [5.74, 6) is 0.738. The van der Waals surface area contributed by atoms with E-state index in [1.807, 2.05) is 18.3 Å². The third-order valence-electron chi connectivity index (χ3n) is 6.68. The number of aliphatic hydroxyl groups excluding tert-OH is 1. The summed E-state index contributed by atoms with van der Waals surface area (Å²) < 4.78 is 21.4. The zero-order chi connectivity index (χ0) is 27.4. The fraction of sp³-hybridized carbons (Fsp3) is 0.250. The second-order valence-electron chi connectivity index (χ2n) is 9.07. The summed E-state index contributed by atoms with van der Waals surface area (Å²) in [7, 11) is 1.57. The molecule has 0 spiro atoms. The lowest BCUT2D eigenvalue weighted by atomic mass is 10.1. The number of piperazine rings is 1. The van der Waals surface area contributed by atoms with Crippen molar-refractivity contribution >= 4 is 39.8 Å². The highest BCUT2D eigenvalue weighted by Crippen LogP contribution is 2.38. The number of ether oxygens (including phenoxy) is 1. The van der Waals surface area contributed by atoms with E-state index in [9.17, 15) is 14.3 Å². The van der Waals surface area contributed by atoms with Gasteiger partial charge in [0.2, 0.25) is 11.9 Å². The first-order valence-corrected chi connectivity index (χ1v) is 12.6. The van der Waals surface area contributed by atoms with Crippen LogP contribution in [0.25, 0.3) is 16.7 Å². The number of rotatable bonds is 9. The Morgan fingerprint density at radius 1 is 1.15 bits per heavy atom. The smallest absolute Gasteiger partial charge is 0.247 e. The molecule has 0 atom stereocenters. The van der Waals surface area contributed by atoms with E-state index in [2.05, 4.69) is 37.0 Å². The van der Waals surface area contributed by atoms with E-state index >= 15 is 0 Å². The van der Waals surface area contributed by atoms with Crippen LogP contribution in [0.4, 0.5) is 27.4 Å². The number of fused-ring (bicyclic) bond motifs is 1. The molecule has 0 saturated carbocycles. The molecule has 1 amide bonds. The molecule has 4 aromatic rings. The molecule has 0 unspecified atom stereocenters. The molecule has 0 aliphatic carbocycles. The molecule has 1 fully saturated rings. The van der Waals surface area contributed by atoms with Gasteiger partial charge in [-0.25, -0.2) is 9.37 Å². The average Bonchev–Trinajstić information content (AvgIpc) is 3.37. The van der Waals surface area contributed by atoms with Crippen LogP contribution < -0.4 is 20.3 Å². The number of benzene rings is 2. The highest BCUT2D eigenvalue weighted by atomic mass is 19.1. The Morgan fingerprint density at radius 3 is 2.72 bits per heavy atom. The van der Waals surface area contributed by atoms with Gasteiger partial charge in [-0.05, 0) is 42.5 Å². The lowest BCUT2D eigenvalue weighted by Crippen LogP contribution is -2.47. The number of amides is 1. The van der Waals surface area contributed by atoms with Crippen LogP contribution in [0, 0.1) is 5.82 Å². The quantitative estimate of drug-likeness (QED) is 0.282. The molecule has 2 aromatic carbocycles. The number of carbonyl (C=O) groups excluding carboxylic acids is 1. The molecule has 1 aliphatic heterocycles. The van der Waals surface area contributed by atoms with Crippen LogP contribution in [0.3, 0.4) is 0 Å². The van der Waals surface area contributed by atoms with Crippen LogP contribution in [-0.4, -0.2) is 76.9 Å². The van der Waals surface area contributed by atoms with Crippen molar-refractivity contribution in [1.82, 2.24) is 19.4 Å². The second-order valence-corrected chi connectivity index (χ2v) is 9.07. The molecule has 0 radical (unpaired) electrons. The van der Waals surface area contributed by atoms with Crippen molar-refractivity contribution in [2.75, 3.05) is 62.0 Å². The molecular formula is C28H30FN7O3. The maximum Gasteiger partial charge on any atom is 0.247 e. The van der Waals surface area contributed by atoms with Gasteiger partial charge in [-0.2, -0.15) is 4.98 Å². The number of anilines is 4. The molecule has 0 bridgehead atoms. The van der Waals surface area contributed by atoms with Crippen LogP contribution in [0.5, 0.6) is 5.75 Å².